The summed E-state index contributed by atoms with van der Waals surface area (Å²) in [5.41, 5.74) is 0.715. The van der Waals surface area contributed by atoms with Gasteiger partial charge in [0, 0.05) is 31.3 Å². The van der Waals surface area contributed by atoms with Gasteiger partial charge in [0.2, 0.25) is 5.91 Å². The fourth-order valence-corrected chi connectivity index (χ4v) is 2.64. The second kappa shape index (κ2) is 6.66. The molecule has 2 fully saturated rings. The van der Waals surface area contributed by atoms with Crippen LogP contribution < -0.4 is 5.32 Å². The van der Waals surface area contributed by atoms with Crippen LogP contribution in [0, 0.1) is 11.7 Å². The number of rotatable bonds is 6. The summed E-state index contributed by atoms with van der Waals surface area (Å²) in [5, 5.41) is 2.71. The van der Waals surface area contributed by atoms with E-state index in [1.807, 2.05) is 0 Å². The molecule has 1 saturated carbocycles. The quantitative estimate of drug-likeness (QED) is 0.868. The number of ether oxygens (including phenoxy) is 1. The Balaban J connectivity index is 1.61. The number of likely N-dealkylation sites (tertiary alicyclic amines) is 1. The van der Waals surface area contributed by atoms with Gasteiger partial charge in [-0.05, 0) is 43.4 Å². The molecule has 2 aliphatic rings. The van der Waals surface area contributed by atoms with Crippen LogP contribution in [0.15, 0.2) is 18.2 Å². The topological polar surface area (TPSA) is 58.6 Å². The average molecular weight is 320 g/mol. The van der Waals surface area contributed by atoms with Crippen molar-refractivity contribution in [2.45, 2.75) is 31.9 Å². The fraction of sp³-hybridized carbons (Fsp3) is 0.529. The van der Waals surface area contributed by atoms with Gasteiger partial charge in [0.25, 0.3) is 5.91 Å². The van der Waals surface area contributed by atoms with E-state index < -0.39 is 6.04 Å². The number of amides is 2. The van der Waals surface area contributed by atoms with Gasteiger partial charge in [-0.25, -0.2) is 4.39 Å². The predicted molar refractivity (Wildman–Crippen MR) is 82.3 cm³/mol. The number of carbonyl (C=O) groups is 2. The maximum atomic E-state index is 13.8. The SMILES string of the molecule is CN1CCC(NC(=O)c2ccc(F)c(COCC3CC3)c2)C1=O. The predicted octanol–water partition coefficient (Wildman–Crippen LogP) is 1.71. The van der Waals surface area contributed by atoms with Crippen molar-refractivity contribution >= 4 is 11.8 Å². The van der Waals surface area contributed by atoms with Gasteiger partial charge >= 0.3 is 0 Å². The third-order valence-corrected chi connectivity index (χ3v) is 4.35. The van der Waals surface area contributed by atoms with E-state index in [-0.39, 0.29) is 24.2 Å². The minimum absolute atomic E-state index is 0.0894. The van der Waals surface area contributed by atoms with Crippen molar-refractivity contribution in [3.8, 4) is 0 Å². The van der Waals surface area contributed by atoms with Gasteiger partial charge in [-0.3, -0.25) is 9.59 Å². The van der Waals surface area contributed by atoms with Crippen LogP contribution in [-0.4, -0.2) is 43.0 Å². The average Bonchev–Trinajstić information content (AvgIpc) is 3.31. The van der Waals surface area contributed by atoms with E-state index in [1.54, 1.807) is 11.9 Å². The lowest BCUT2D eigenvalue weighted by Gasteiger charge is -2.13. The van der Waals surface area contributed by atoms with E-state index >= 15 is 0 Å². The first-order valence-corrected chi connectivity index (χ1v) is 7.96. The molecule has 1 N–H and O–H groups in total. The normalized spacial score (nSPS) is 20.9. The Morgan fingerprint density at radius 1 is 1.39 bits per heavy atom. The molecule has 2 amide bonds. The van der Waals surface area contributed by atoms with Gasteiger partial charge in [0.05, 0.1) is 6.61 Å². The number of carbonyl (C=O) groups excluding carboxylic acids is 2. The molecule has 1 saturated heterocycles. The fourth-order valence-electron chi connectivity index (χ4n) is 2.64. The molecule has 1 aliphatic carbocycles. The highest BCUT2D eigenvalue weighted by molar-refractivity contribution is 5.98. The monoisotopic (exact) mass is 320 g/mol. The van der Waals surface area contributed by atoms with Crippen molar-refractivity contribution in [3.05, 3.63) is 35.1 Å². The molecule has 0 spiro atoms. The summed E-state index contributed by atoms with van der Waals surface area (Å²) in [7, 11) is 1.71. The highest BCUT2D eigenvalue weighted by Gasteiger charge is 2.30. The van der Waals surface area contributed by atoms with Crippen LogP contribution in [0.3, 0.4) is 0 Å². The van der Waals surface area contributed by atoms with Gasteiger partial charge in [0.1, 0.15) is 11.9 Å². The standard InChI is InChI=1S/C17H21FN2O3/c1-20-7-6-15(17(20)22)19-16(21)12-4-5-14(18)13(8-12)10-23-9-11-2-3-11/h4-5,8,11,15H,2-3,6-7,9-10H2,1H3,(H,19,21). The van der Waals surface area contributed by atoms with Gasteiger partial charge in [-0.15, -0.1) is 0 Å². The van der Waals surface area contributed by atoms with Gasteiger partial charge in [-0.1, -0.05) is 0 Å². The van der Waals surface area contributed by atoms with Crippen LogP contribution in [0.25, 0.3) is 0 Å². The summed E-state index contributed by atoms with van der Waals surface area (Å²) >= 11 is 0. The van der Waals surface area contributed by atoms with Crippen LogP contribution >= 0.6 is 0 Å². The summed E-state index contributed by atoms with van der Waals surface area (Å²) in [6.45, 7) is 1.43. The van der Waals surface area contributed by atoms with E-state index in [9.17, 15) is 14.0 Å². The van der Waals surface area contributed by atoms with Crippen molar-refractivity contribution < 1.29 is 18.7 Å². The first-order chi connectivity index (χ1) is 11.0. The summed E-state index contributed by atoms with van der Waals surface area (Å²) in [6.07, 6.45) is 2.95. The number of nitrogens with zero attached hydrogens (tertiary/aromatic N) is 1. The first-order valence-electron chi connectivity index (χ1n) is 7.96. The Labute approximate surface area is 134 Å². The van der Waals surface area contributed by atoms with Gasteiger partial charge < -0.3 is 15.0 Å². The van der Waals surface area contributed by atoms with E-state index in [1.165, 1.54) is 31.0 Å². The lowest BCUT2D eigenvalue weighted by Crippen LogP contribution is -2.40. The molecule has 23 heavy (non-hydrogen) atoms. The molecule has 0 aromatic heterocycles. The molecule has 1 heterocycles. The maximum absolute atomic E-state index is 13.8. The van der Waals surface area contributed by atoms with E-state index in [0.717, 1.165) is 0 Å². The van der Waals surface area contributed by atoms with Crippen molar-refractivity contribution in [3.63, 3.8) is 0 Å². The third-order valence-electron chi connectivity index (χ3n) is 4.35. The summed E-state index contributed by atoms with van der Waals surface area (Å²) in [4.78, 5) is 25.7. The molecule has 1 unspecified atom stereocenters. The third kappa shape index (κ3) is 3.88. The Kier molecular flexibility index (Phi) is 4.61. The molecule has 6 heteroatoms. The van der Waals surface area contributed by atoms with Crippen LogP contribution in [-0.2, 0) is 16.1 Å². The first kappa shape index (κ1) is 15.9. The van der Waals surface area contributed by atoms with Gasteiger partial charge in [0.15, 0.2) is 0 Å². The van der Waals surface area contributed by atoms with Crippen molar-refractivity contribution in [2.75, 3.05) is 20.2 Å². The zero-order chi connectivity index (χ0) is 16.4. The van der Waals surface area contributed by atoms with Gasteiger partial charge in [-0.2, -0.15) is 0 Å². The summed E-state index contributed by atoms with van der Waals surface area (Å²) < 4.78 is 19.3. The van der Waals surface area contributed by atoms with E-state index in [0.29, 0.717) is 36.6 Å². The Morgan fingerprint density at radius 2 is 2.17 bits per heavy atom. The largest absolute Gasteiger partial charge is 0.376 e. The lowest BCUT2D eigenvalue weighted by atomic mass is 10.1. The second-order valence-electron chi connectivity index (χ2n) is 6.34. The number of halogens is 1. The smallest absolute Gasteiger partial charge is 0.251 e. The van der Waals surface area contributed by atoms with E-state index in [4.69, 9.17) is 4.74 Å². The van der Waals surface area contributed by atoms with E-state index in [2.05, 4.69) is 5.32 Å². The summed E-state index contributed by atoms with van der Waals surface area (Å²) in [6, 6.07) is 3.71. The molecule has 1 atom stereocenters. The van der Waals surface area contributed by atoms with Crippen molar-refractivity contribution in [1.29, 1.82) is 0 Å². The summed E-state index contributed by atoms with van der Waals surface area (Å²) in [5.74, 6) is -0.223. The highest BCUT2D eigenvalue weighted by atomic mass is 19.1. The second-order valence-corrected chi connectivity index (χ2v) is 6.34. The number of benzene rings is 1. The molecular formula is C17H21FN2O3. The maximum Gasteiger partial charge on any atom is 0.251 e. The molecule has 3 rings (SSSR count). The Hall–Kier alpha value is -1.95. The van der Waals surface area contributed by atoms with Crippen LogP contribution in [0.4, 0.5) is 4.39 Å². The number of hydrogen-bond donors (Lipinski definition) is 1. The zero-order valence-electron chi connectivity index (χ0n) is 13.2. The molecule has 1 aromatic rings. The Bertz CT molecular complexity index is 616. The molecule has 124 valence electrons. The number of hydrogen-bond acceptors (Lipinski definition) is 3. The minimum Gasteiger partial charge on any atom is -0.376 e. The molecule has 1 aliphatic heterocycles. The van der Waals surface area contributed by atoms with Crippen molar-refractivity contribution in [2.24, 2.45) is 5.92 Å². The number of nitrogens with one attached hydrogen (secondary N) is 1. The van der Waals surface area contributed by atoms with Crippen LogP contribution in [0.2, 0.25) is 0 Å². The lowest BCUT2D eigenvalue weighted by molar-refractivity contribution is -0.128. The minimum atomic E-state index is -0.493. The van der Waals surface area contributed by atoms with Crippen molar-refractivity contribution in [1.82, 2.24) is 10.2 Å². The molecule has 1 aromatic carbocycles. The molecular weight excluding hydrogens is 299 g/mol. The van der Waals surface area contributed by atoms with Crippen LogP contribution in [0.5, 0.6) is 0 Å². The number of likely N-dealkylation sites (N-methyl/N-ethyl adjacent to an activating group) is 1. The molecule has 0 radical (unpaired) electrons. The highest BCUT2D eigenvalue weighted by Crippen LogP contribution is 2.29. The Morgan fingerprint density at radius 3 is 2.83 bits per heavy atom. The molecule has 0 bridgehead atoms. The zero-order valence-corrected chi connectivity index (χ0v) is 13.2. The van der Waals surface area contributed by atoms with Crippen LogP contribution in [0.1, 0.15) is 35.2 Å². The molecule has 5 nitrogen and oxygen atoms in total.